The van der Waals surface area contributed by atoms with Gasteiger partial charge >= 0.3 is 12.0 Å². The van der Waals surface area contributed by atoms with Crippen molar-refractivity contribution < 1.29 is 24.2 Å². The van der Waals surface area contributed by atoms with E-state index in [1.807, 2.05) is 6.92 Å². The molecule has 8 heteroatoms. The number of imide groups is 1. The predicted octanol–water partition coefficient (Wildman–Crippen LogP) is -0.889. The first-order valence-corrected chi connectivity index (χ1v) is 6.45. The van der Waals surface area contributed by atoms with Gasteiger partial charge in [-0.15, -0.1) is 0 Å². The van der Waals surface area contributed by atoms with Crippen molar-refractivity contribution in [2.24, 2.45) is 11.8 Å². The van der Waals surface area contributed by atoms with Gasteiger partial charge in [0.05, 0.1) is 19.1 Å². The Labute approximate surface area is 117 Å². The second-order valence-corrected chi connectivity index (χ2v) is 4.91. The smallest absolute Gasteiger partial charge is 0.321 e. The van der Waals surface area contributed by atoms with Gasteiger partial charge < -0.3 is 15.2 Å². The van der Waals surface area contributed by atoms with Gasteiger partial charge in [0.1, 0.15) is 0 Å². The number of aliphatic carboxylic acids is 1. The molecule has 0 radical (unpaired) electrons. The monoisotopic (exact) mass is 287 g/mol. The van der Waals surface area contributed by atoms with Crippen molar-refractivity contribution in [3.8, 4) is 0 Å². The third-order valence-corrected chi connectivity index (χ3v) is 3.22. The average molecular weight is 287 g/mol. The summed E-state index contributed by atoms with van der Waals surface area (Å²) in [4.78, 5) is 35.7. The van der Waals surface area contributed by atoms with E-state index < -0.39 is 23.8 Å². The molecule has 1 heterocycles. The van der Waals surface area contributed by atoms with Gasteiger partial charge in [-0.25, -0.2) is 4.79 Å². The molecule has 0 spiro atoms. The standard InChI is InChI=1S/C12H21N3O5/c1-8-5-15(6-9(8)11(17)18)7-10(16)14-12(19)13-3-4-20-2/h8-9H,3-7H2,1-2H3,(H,17,18)(H2,13,14,16,19). The van der Waals surface area contributed by atoms with Crippen LogP contribution in [-0.2, 0) is 14.3 Å². The maximum Gasteiger partial charge on any atom is 0.321 e. The van der Waals surface area contributed by atoms with Gasteiger partial charge in [0.15, 0.2) is 0 Å². The lowest BCUT2D eigenvalue weighted by atomic mass is 9.99. The molecule has 0 aromatic rings. The molecule has 0 aromatic carbocycles. The van der Waals surface area contributed by atoms with Crippen LogP contribution < -0.4 is 10.6 Å². The van der Waals surface area contributed by atoms with Crippen molar-refractivity contribution in [3.05, 3.63) is 0 Å². The number of carboxylic acids is 1. The van der Waals surface area contributed by atoms with Gasteiger partial charge in [-0.1, -0.05) is 6.92 Å². The molecule has 0 saturated carbocycles. The maximum absolute atomic E-state index is 11.6. The number of hydrogen-bond acceptors (Lipinski definition) is 5. The summed E-state index contributed by atoms with van der Waals surface area (Å²) in [7, 11) is 1.51. The zero-order valence-corrected chi connectivity index (χ0v) is 11.7. The fraction of sp³-hybridized carbons (Fsp3) is 0.750. The molecule has 1 saturated heterocycles. The van der Waals surface area contributed by atoms with Gasteiger partial charge in [-0.05, 0) is 5.92 Å². The summed E-state index contributed by atoms with van der Waals surface area (Å²) >= 11 is 0. The van der Waals surface area contributed by atoms with Crippen LogP contribution >= 0.6 is 0 Å². The molecular formula is C12H21N3O5. The Kier molecular flexibility index (Phi) is 6.40. The van der Waals surface area contributed by atoms with Gasteiger partial charge in [0.25, 0.3) is 0 Å². The van der Waals surface area contributed by atoms with E-state index in [1.165, 1.54) is 7.11 Å². The number of urea groups is 1. The van der Waals surface area contributed by atoms with Crippen LogP contribution in [0, 0.1) is 11.8 Å². The summed E-state index contributed by atoms with van der Waals surface area (Å²) < 4.78 is 4.76. The van der Waals surface area contributed by atoms with E-state index in [-0.39, 0.29) is 12.5 Å². The minimum Gasteiger partial charge on any atom is -0.481 e. The number of carboxylic acid groups (broad SMARTS) is 1. The van der Waals surface area contributed by atoms with Crippen LogP contribution in [0.4, 0.5) is 4.79 Å². The molecule has 20 heavy (non-hydrogen) atoms. The maximum atomic E-state index is 11.6. The number of rotatable bonds is 6. The summed E-state index contributed by atoms with van der Waals surface area (Å²) in [6.45, 7) is 3.41. The van der Waals surface area contributed by atoms with Crippen molar-refractivity contribution in [2.45, 2.75) is 6.92 Å². The Balaban J connectivity index is 2.29. The number of carbonyl (C=O) groups is 3. The molecule has 0 aliphatic carbocycles. The number of amides is 3. The summed E-state index contributed by atoms with van der Waals surface area (Å²) in [5, 5.41) is 13.7. The lowest BCUT2D eigenvalue weighted by Gasteiger charge is -2.14. The van der Waals surface area contributed by atoms with E-state index in [2.05, 4.69) is 10.6 Å². The molecular weight excluding hydrogens is 266 g/mol. The van der Waals surface area contributed by atoms with Gasteiger partial charge in [0.2, 0.25) is 5.91 Å². The molecule has 2 atom stereocenters. The van der Waals surface area contributed by atoms with E-state index in [0.29, 0.717) is 26.2 Å². The number of carbonyl (C=O) groups excluding carboxylic acids is 2. The molecule has 1 rings (SSSR count). The number of nitrogens with one attached hydrogen (secondary N) is 2. The van der Waals surface area contributed by atoms with Gasteiger partial charge in [-0.3, -0.25) is 19.8 Å². The molecule has 1 fully saturated rings. The SMILES string of the molecule is COCCNC(=O)NC(=O)CN1CC(C)C(C(=O)O)C1. The van der Waals surface area contributed by atoms with Crippen molar-refractivity contribution >= 4 is 17.9 Å². The largest absolute Gasteiger partial charge is 0.481 e. The van der Waals surface area contributed by atoms with Crippen LogP contribution in [0.15, 0.2) is 0 Å². The van der Waals surface area contributed by atoms with Gasteiger partial charge in [0, 0.05) is 26.7 Å². The van der Waals surface area contributed by atoms with E-state index in [0.717, 1.165) is 0 Å². The van der Waals surface area contributed by atoms with Crippen molar-refractivity contribution in [1.82, 2.24) is 15.5 Å². The topological polar surface area (TPSA) is 108 Å². The summed E-state index contributed by atoms with van der Waals surface area (Å²) in [5.74, 6) is -1.76. The van der Waals surface area contributed by atoms with Crippen LogP contribution in [0.2, 0.25) is 0 Å². The molecule has 3 N–H and O–H groups in total. The molecule has 0 aromatic heterocycles. The molecule has 0 bridgehead atoms. The predicted molar refractivity (Wildman–Crippen MR) is 70.1 cm³/mol. The number of likely N-dealkylation sites (tertiary alicyclic amines) is 1. The normalized spacial score (nSPS) is 22.5. The number of nitrogens with zero attached hydrogens (tertiary/aromatic N) is 1. The molecule has 8 nitrogen and oxygen atoms in total. The Hall–Kier alpha value is -1.67. The molecule has 114 valence electrons. The highest BCUT2D eigenvalue weighted by Crippen LogP contribution is 2.22. The van der Waals surface area contributed by atoms with E-state index in [9.17, 15) is 14.4 Å². The first-order valence-electron chi connectivity index (χ1n) is 6.45. The summed E-state index contributed by atoms with van der Waals surface area (Å²) in [6, 6.07) is -0.575. The van der Waals surface area contributed by atoms with E-state index in [4.69, 9.17) is 9.84 Å². The van der Waals surface area contributed by atoms with Crippen molar-refractivity contribution in [1.29, 1.82) is 0 Å². The van der Waals surface area contributed by atoms with Crippen molar-refractivity contribution in [3.63, 3.8) is 0 Å². The van der Waals surface area contributed by atoms with Crippen LogP contribution in [0.1, 0.15) is 6.92 Å². The summed E-state index contributed by atoms with van der Waals surface area (Å²) in [5.41, 5.74) is 0. The zero-order chi connectivity index (χ0) is 15.1. The highest BCUT2D eigenvalue weighted by atomic mass is 16.5. The fourth-order valence-corrected chi connectivity index (χ4v) is 2.20. The average Bonchev–Trinajstić information content (AvgIpc) is 2.70. The third-order valence-electron chi connectivity index (χ3n) is 3.22. The molecule has 2 unspecified atom stereocenters. The third kappa shape index (κ3) is 5.14. The first kappa shape index (κ1) is 16.4. The highest BCUT2D eigenvalue weighted by Gasteiger charge is 2.35. The summed E-state index contributed by atoms with van der Waals surface area (Å²) in [6.07, 6.45) is 0. The van der Waals surface area contributed by atoms with Crippen LogP contribution in [-0.4, -0.2) is 67.8 Å². The number of methoxy groups -OCH3 is 1. The highest BCUT2D eigenvalue weighted by molar-refractivity contribution is 5.95. The second-order valence-electron chi connectivity index (χ2n) is 4.91. The first-order chi connectivity index (χ1) is 9.43. The van der Waals surface area contributed by atoms with Gasteiger partial charge in [-0.2, -0.15) is 0 Å². The zero-order valence-electron chi connectivity index (χ0n) is 11.7. The molecule has 1 aliphatic rings. The minimum atomic E-state index is -0.849. The Morgan fingerprint density at radius 1 is 1.35 bits per heavy atom. The van der Waals surface area contributed by atoms with E-state index >= 15 is 0 Å². The molecule has 3 amide bonds. The molecule has 1 aliphatic heterocycles. The fourth-order valence-electron chi connectivity index (χ4n) is 2.20. The van der Waals surface area contributed by atoms with E-state index in [1.54, 1.807) is 4.90 Å². The van der Waals surface area contributed by atoms with Crippen molar-refractivity contribution in [2.75, 3.05) is 39.9 Å². The number of ether oxygens (including phenoxy) is 1. The van der Waals surface area contributed by atoms with Crippen LogP contribution in [0.3, 0.4) is 0 Å². The number of hydrogen-bond donors (Lipinski definition) is 3. The van der Waals surface area contributed by atoms with Crippen LogP contribution in [0.25, 0.3) is 0 Å². The quantitative estimate of drug-likeness (QED) is 0.547. The Bertz CT molecular complexity index is 374. The van der Waals surface area contributed by atoms with Crippen LogP contribution in [0.5, 0.6) is 0 Å². The Morgan fingerprint density at radius 2 is 2.05 bits per heavy atom. The minimum absolute atomic E-state index is 0.00386. The Morgan fingerprint density at radius 3 is 2.60 bits per heavy atom. The lowest BCUT2D eigenvalue weighted by molar-refractivity contribution is -0.142. The second kappa shape index (κ2) is 7.81. The lowest BCUT2D eigenvalue weighted by Crippen LogP contribution is -2.45.